The molecule has 1 fully saturated rings. The number of nitrogens with zero attached hydrogens (tertiary/aromatic N) is 1. The molecule has 1 aliphatic rings. The van der Waals surface area contributed by atoms with E-state index in [0.717, 1.165) is 17.5 Å². The van der Waals surface area contributed by atoms with Crippen LogP contribution in [0.15, 0.2) is 72.8 Å². The number of aryl methyl sites for hydroxylation is 1. The van der Waals surface area contributed by atoms with Crippen molar-refractivity contribution in [3.8, 4) is 5.75 Å². The van der Waals surface area contributed by atoms with Gasteiger partial charge in [-0.25, -0.2) is 4.79 Å². The monoisotopic (exact) mass is 515 g/mol. The zero-order valence-electron chi connectivity index (χ0n) is 22.1. The average Bonchev–Trinajstić information content (AvgIpc) is 3.25. The molecule has 3 atom stereocenters. The van der Waals surface area contributed by atoms with Crippen molar-refractivity contribution in [1.82, 2.24) is 10.2 Å². The summed E-state index contributed by atoms with van der Waals surface area (Å²) in [4.78, 5) is 40.7. The maximum Gasteiger partial charge on any atom is 0.411 e. The predicted octanol–water partition coefficient (Wildman–Crippen LogP) is 5.23. The molecule has 3 unspecified atom stereocenters. The van der Waals surface area contributed by atoms with Crippen LogP contribution in [-0.2, 0) is 16.1 Å². The number of ether oxygens (including phenoxy) is 2. The fraction of sp³-hybridized carbons (Fsp3) is 0.300. The summed E-state index contributed by atoms with van der Waals surface area (Å²) >= 11 is 0. The molecule has 0 bridgehead atoms. The van der Waals surface area contributed by atoms with Crippen LogP contribution in [0.5, 0.6) is 5.75 Å². The fourth-order valence-corrected chi connectivity index (χ4v) is 4.27. The number of hydrogen-bond donors (Lipinski definition) is 2. The molecule has 8 nitrogen and oxygen atoms in total. The van der Waals surface area contributed by atoms with Crippen LogP contribution in [0.25, 0.3) is 0 Å². The van der Waals surface area contributed by atoms with E-state index >= 15 is 0 Å². The van der Waals surface area contributed by atoms with Gasteiger partial charge in [0.25, 0.3) is 5.91 Å². The minimum atomic E-state index is -0.870. The van der Waals surface area contributed by atoms with Crippen molar-refractivity contribution in [3.05, 3.63) is 95.1 Å². The Balaban J connectivity index is 1.59. The van der Waals surface area contributed by atoms with E-state index in [0.29, 0.717) is 22.6 Å². The van der Waals surface area contributed by atoms with E-state index in [2.05, 4.69) is 10.6 Å². The molecular weight excluding hydrogens is 482 g/mol. The highest BCUT2D eigenvalue weighted by atomic mass is 16.6. The van der Waals surface area contributed by atoms with Gasteiger partial charge in [-0.3, -0.25) is 14.5 Å². The Kier molecular flexibility index (Phi) is 8.31. The van der Waals surface area contributed by atoms with Gasteiger partial charge in [0.05, 0.1) is 13.7 Å². The number of methoxy groups -OCH3 is 1. The first-order valence-electron chi connectivity index (χ1n) is 12.7. The Bertz CT molecular complexity index is 1290. The third-order valence-electron chi connectivity index (χ3n) is 6.65. The van der Waals surface area contributed by atoms with Crippen LogP contribution in [-0.4, -0.2) is 42.0 Å². The zero-order chi connectivity index (χ0) is 27.2. The van der Waals surface area contributed by atoms with Crippen LogP contribution in [0.3, 0.4) is 0 Å². The van der Waals surface area contributed by atoms with Gasteiger partial charge < -0.3 is 20.1 Å². The van der Waals surface area contributed by atoms with Crippen LogP contribution in [0.2, 0.25) is 0 Å². The molecule has 0 aliphatic carbocycles. The standard InChI is InChI=1S/C30H33N3O5/c1-5-20(3)31-29(35)26-27(38-30(36)33(26)18-21-11-9-19(2)10-12-21)23-7-6-8-24(17-23)32-28(34)22-13-15-25(37-4)16-14-22/h6-17,20,26-27H,5,18H2,1-4H3,(H,31,35)(H,32,34). The van der Waals surface area contributed by atoms with Crippen LogP contribution < -0.4 is 15.4 Å². The normalized spacial score (nSPS) is 17.5. The van der Waals surface area contributed by atoms with Gasteiger partial charge in [0.1, 0.15) is 5.75 Å². The van der Waals surface area contributed by atoms with E-state index in [4.69, 9.17) is 9.47 Å². The largest absolute Gasteiger partial charge is 0.497 e. The van der Waals surface area contributed by atoms with E-state index in [1.54, 1.807) is 55.6 Å². The Labute approximate surface area is 222 Å². The lowest BCUT2D eigenvalue weighted by Gasteiger charge is -2.26. The smallest absolute Gasteiger partial charge is 0.411 e. The summed E-state index contributed by atoms with van der Waals surface area (Å²) < 4.78 is 10.9. The minimum absolute atomic E-state index is 0.0600. The molecule has 3 aromatic rings. The molecule has 1 heterocycles. The highest BCUT2D eigenvalue weighted by Crippen LogP contribution is 2.35. The SMILES string of the molecule is CCC(C)NC(=O)C1C(c2cccc(NC(=O)c3ccc(OC)cc3)c2)OC(=O)N1Cc1ccc(C)cc1. The first kappa shape index (κ1) is 26.7. The number of cyclic esters (lactones) is 1. The lowest BCUT2D eigenvalue weighted by atomic mass is 9.99. The van der Waals surface area contributed by atoms with Crippen molar-refractivity contribution in [3.63, 3.8) is 0 Å². The van der Waals surface area contributed by atoms with Gasteiger partial charge in [-0.1, -0.05) is 48.9 Å². The maximum atomic E-state index is 13.4. The fourth-order valence-electron chi connectivity index (χ4n) is 4.27. The third-order valence-corrected chi connectivity index (χ3v) is 6.65. The minimum Gasteiger partial charge on any atom is -0.497 e. The summed E-state index contributed by atoms with van der Waals surface area (Å²) in [5.41, 5.74) is 3.61. The molecule has 0 saturated carbocycles. The average molecular weight is 516 g/mol. The molecule has 0 radical (unpaired) electrons. The number of amides is 3. The van der Waals surface area contributed by atoms with Crippen LogP contribution in [0, 0.1) is 6.92 Å². The van der Waals surface area contributed by atoms with E-state index in [-0.39, 0.29) is 24.4 Å². The lowest BCUT2D eigenvalue weighted by Crippen LogP contribution is -2.48. The lowest BCUT2D eigenvalue weighted by molar-refractivity contribution is -0.127. The second-order valence-corrected chi connectivity index (χ2v) is 9.49. The number of carbonyl (C=O) groups excluding carboxylic acids is 3. The molecular formula is C30H33N3O5. The van der Waals surface area contributed by atoms with Crippen molar-refractivity contribution >= 4 is 23.6 Å². The van der Waals surface area contributed by atoms with Gasteiger partial charge in [-0.2, -0.15) is 0 Å². The molecule has 3 amide bonds. The molecule has 4 rings (SSSR count). The molecule has 0 aromatic heterocycles. The summed E-state index contributed by atoms with van der Waals surface area (Å²) in [5, 5.41) is 5.88. The maximum absolute atomic E-state index is 13.4. The molecule has 8 heteroatoms. The topological polar surface area (TPSA) is 97.0 Å². The van der Waals surface area contributed by atoms with Crippen molar-refractivity contribution in [2.75, 3.05) is 12.4 Å². The first-order valence-corrected chi connectivity index (χ1v) is 12.7. The zero-order valence-corrected chi connectivity index (χ0v) is 22.1. The quantitative estimate of drug-likeness (QED) is 0.407. The van der Waals surface area contributed by atoms with Crippen LogP contribution in [0.4, 0.5) is 10.5 Å². The molecule has 38 heavy (non-hydrogen) atoms. The Hall–Kier alpha value is -4.33. The second-order valence-electron chi connectivity index (χ2n) is 9.49. The van der Waals surface area contributed by atoms with Gasteiger partial charge in [0, 0.05) is 17.3 Å². The number of rotatable bonds is 9. The van der Waals surface area contributed by atoms with Crippen molar-refractivity contribution in [2.24, 2.45) is 0 Å². The summed E-state index contributed by atoms with van der Waals surface area (Å²) in [6.07, 6.45) is -0.648. The summed E-state index contributed by atoms with van der Waals surface area (Å²) in [6, 6.07) is 20.7. The number of carbonyl (C=O) groups is 3. The molecule has 1 saturated heterocycles. The molecule has 198 valence electrons. The Morgan fingerprint density at radius 2 is 1.76 bits per heavy atom. The number of hydrogen-bond acceptors (Lipinski definition) is 5. The van der Waals surface area contributed by atoms with Crippen molar-refractivity contribution < 1.29 is 23.9 Å². The molecule has 1 aliphatic heterocycles. The Morgan fingerprint density at radius 1 is 1.05 bits per heavy atom. The molecule has 2 N–H and O–H groups in total. The highest BCUT2D eigenvalue weighted by Gasteiger charge is 2.47. The van der Waals surface area contributed by atoms with E-state index < -0.39 is 18.2 Å². The Morgan fingerprint density at radius 3 is 2.42 bits per heavy atom. The van der Waals surface area contributed by atoms with Gasteiger partial charge in [-0.15, -0.1) is 0 Å². The molecule has 3 aromatic carbocycles. The van der Waals surface area contributed by atoms with Gasteiger partial charge >= 0.3 is 6.09 Å². The van der Waals surface area contributed by atoms with Crippen molar-refractivity contribution in [1.29, 1.82) is 0 Å². The van der Waals surface area contributed by atoms with Gasteiger partial charge in [0.2, 0.25) is 5.91 Å². The predicted molar refractivity (Wildman–Crippen MR) is 145 cm³/mol. The summed E-state index contributed by atoms with van der Waals surface area (Å²) in [6.45, 7) is 6.14. The van der Waals surface area contributed by atoms with Crippen LogP contribution >= 0.6 is 0 Å². The first-order chi connectivity index (χ1) is 18.3. The number of benzene rings is 3. The second kappa shape index (κ2) is 11.8. The summed E-state index contributed by atoms with van der Waals surface area (Å²) in [7, 11) is 1.56. The van der Waals surface area contributed by atoms with Gasteiger partial charge in [0.15, 0.2) is 12.1 Å². The van der Waals surface area contributed by atoms with Crippen LogP contribution in [0.1, 0.15) is 53.4 Å². The summed E-state index contributed by atoms with van der Waals surface area (Å²) in [5.74, 6) is 0.0822. The van der Waals surface area contributed by atoms with E-state index in [1.807, 2.05) is 45.0 Å². The van der Waals surface area contributed by atoms with Gasteiger partial charge in [-0.05, 0) is 67.8 Å². The van der Waals surface area contributed by atoms with E-state index in [1.165, 1.54) is 4.90 Å². The molecule has 0 spiro atoms. The number of anilines is 1. The van der Waals surface area contributed by atoms with Crippen molar-refractivity contribution in [2.45, 2.75) is 51.9 Å². The highest BCUT2D eigenvalue weighted by molar-refractivity contribution is 6.04. The third kappa shape index (κ3) is 6.14. The van der Waals surface area contributed by atoms with E-state index in [9.17, 15) is 14.4 Å². The number of nitrogens with one attached hydrogen (secondary N) is 2.